The first-order valence-corrected chi connectivity index (χ1v) is 5.41. The van der Waals surface area contributed by atoms with Gasteiger partial charge < -0.3 is 9.47 Å². The minimum absolute atomic E-state index is 0.241. The number of hydrogen-bond donors (Lipinski definition) is 0. The molecule has 100 valence electrons. The van der Waals surface area contributed by atoms with Crippen molar-refractivity contribution >= 4 is 16.8 Å². The van der Waals surface area contributed by atoms with Gasteiger partial charge in [-0.1, -0.05) is 6.92 Å². The molecule has 0 bridgehead atoms. The minimum atomic E-state index is -4.74. The Hall–Kier alpha value is -1.43. The monoisotopic (exact) mass is 282 g/mol. The van der Waals surface area contributed by atoms with Crippen LogP contribution in [-0.2, 0) is 4.79 Å². The van der Waals surface area contributed by atoms with E-state index >= 15 is 0 Å². The van der Waals surface area contributed by atoms with Crippen LogP contribution in [0, 0.1) is 0 Å². The first-order chi connectivity index (χ1) is 8.31. The lowest BCUT2D eigenvalue weighted by molar-refractivity contribution is -0.274. The predicted octanol–water partition coefficient (Wildman–Crippen LogP) is 3.51. The number of rotatable bonds is 5. The lowest BCUT2D eigenvalue weighted by atomic mass is 10.3. The smallest absolute Gasteiger partial charge is 0.481 e. The second-order valence-corrected chi connectivity index (χ2v) is 3.71. The Morgan fingerprint density at radius 2 is 1.78 bits per heavy atom. The van der Waals surface area contributed by atoms with Crippen LogP contribution < -0.4 is 9.47 Å². The third-order valence-electron chi connectivity index (χ3n) is 1.96. The van der Waals surface area contributed by atoms with Gasteiger partial charge in [0.2, 0.25) is 0 Å². The molecule has 0 aliphatic rings. The molecule has 3 nitrogen and oxygen atoms in total. The summed E-state index contributed by atoms with van der Waals surface area (Å²) in [6.07, 6.45) is -5.19. The van der Waals surface area contributed by atoms with Gasteiger partial charge in [-0.25, -0.2) is 0 Å². The molecule has 18 heavy (non-hydrogen) atoms. The average molecular weight is 283 g/mol. The van der Waals surface area contributed by atoms with Gasteiger partial charge in [-0.3, -0.25) is 4.79 Å². The second kappa shape index (κ2) is 5.95. The van der Waals surface area contributed by atoms with Crippen molar-refractivity contribution in [2.45, 2.75) is 25.8 Å². The fourth-order valence-corrected chi connectivity index (χ4v) is 1.37. The molecule has 1 aromatic rings. The molecule has 1 unspecified atom stereocenters. The highest BCUT2D eigenvalue weighted by Crippen LogP contribution is 2.25. The zero-order chi connectivity index (χ0) is 13.8. The van der Waals surface area contributed by atoms with Gasteiger partial charge in [-0.2, -0.15) is 0 Å². The summed E-state index contributed by atoms with van der Waals surface area (Å²) in [5, 5.41) is -0.659. The van der Waals surface area contributed by atoms with E-state index in [0.29, 0.717) is 6.42 Å². The van der Waals surface area contributed by atoms with E-state index in [0.717, 1.165) is 12.1 Å². The molecule has 0 amide bonds. The van der Waals surface area contributed by atoms with E-state index < -0.39 is 17.7 Å². The van der Waals surface area contributed by atoms with E-state index in [-0.39, 0.29) is 11.5 Å². The number of hydrogen-bond acceptors (Lipinski definition) is 3. The molecular weight excluding hydrogens is 273 g/mol. The Balaban J connectivity index is 2.68. The maximum atomic E-state index is 11.9. The summed E-state index contributed by atoms with van der Waals surface area (Å²) in [6.45, 7) is 1.70. The molecule has 0 heterocycles. The number of carbonyl (C=O) groups is 1. The summed E-state index contributed by atoms with van der Waals surface area (Å²) in [5.41, 5.74) is 0. The third-order valence-corrected chi connectivity index (χ3v) is 2.20. The topological polar surface area (TPSA) is 35.5 Å². The van der Waals surface area contributed by atoms with Crippen molar-refractivity contribution in [3.05, 3.63) is 24.3 Å². The quantitative estimate of drug-likeness (QED) is 0.775. The molecule has 1 aromatic carbocycles. The number of halogens is 4. The first kappa shape index (κ1) is 14.6. The van der Waals surface area contributed by atoms with E-state index in [9.17, 15) is 18.0 Å². The molecule has 0 radical (unpaired) electrons. The van der Waals surface area contributed by atoms with Crippen molar-refractivity contribution in [2.75, 3.05) is 0 Å². The van der Waals surface area contributed by atoms with Gasteiger partial charge in [0, 0.05) is 0 Å². The van der Waals surface area contributed by atoms with E-state index in [1.807, 2.05) is 0 Å². The molecule has 0 N–H and O–H groups in total. The lowest BCUT2D eigenvalue weighted by Crippen LogP contribution is -2.22. The molecule has 0 fully saturated rings. The Morgan fingerprint density at radius 3 is 2.17 bits per heavy atom. The number of alkyl halides is 3. The summed E-state index contributed by atoms with van der Waals surface area (Å²) in [4.78, 5) is 10.9. The van der Waals surface area contributed by atoms with E-state index in [1.54, 1.807) is 6.92 Å². The van der Waals surface area contributed by atoms with Crippen LogP contribution in [0.5, 0.6) is 11.5 Å². The largest absolute Gasteiger partial charge is 0.573 e. The maximum Gasteiger partial charge on any atom is 0.573 e. The average Bonchev–Trinajstić information content (AvgIpc) is 2.25. The first-order valence-electron chi connectivity index (χ1n) is 5.03. The Bertz CT molecular complexity index is 403. The van der Waals surface area contributed by atoms with Gasteiger partial charge >= 0.3 is 6.36 Å². The van der Waals surface area contributed by atoms with Gasteiger partial charge in [0.05, 0.1) is 0 Å². The van der Waals surface area contributed by atoms with Crippen LogP contribution in [-0.4, -0.2) is 17.7 Å². The van der Waals surface area contributed by atoms with Crippen LogP contribution in [0.15, 0.2) is 24.3 Å². The Labute approximate surface area is 106 Å². The maximum absolute atomic E-state index is 11.9. The highest BCUT2D eigenvalue weighted by Gasteiger charge is 2.31. The van der Waals surface area contributed by atoms with Gasteiger partial charge in [0.25, 0.3) is 5.24 Å². The molecule has 0 saturated heterocycles. The zero-order valence-corrected chi connectivity index (χ0v) is 10.1. The van der Waals surface area contributed by atoms with Gasteiger partial charge in [-0.15, -0.1) is 13.2 Å². The van der Waals surface area contributed by atoms with E-state index in [2.05, 4.69) is 4.74 Å². The van der Waals surface area contributed by atoms with Gasteiger partial charge in [0.15, 0.2) is 6.10 Å². The highest BCUT2D eigenvalue weighted by atomic mass is 35.5. The Morgan fingerprint density at radius 1 is 1.28 bits per heavy atom. The molecule has 1 atom stereocenters. The summed E-state index contributed by atoms with van der Waals surface area (Å²) in [6, 6.07) is 4.72. The van der Waals surface area contributed by atoms with Crippen molar-refractivity contribution in [1.29, 1.82) is 0 Å². The highest BCUT2D eigenvalue weighted by molar-refractivity contribution is 6.64. The number of benzene rings is 1. The summed E-state index contributed by atoms with van der Waals surface area (Å²) in [5.74, 6) is -0.120. The van der Waals surface area contributed by atoms with Crippen LogP contribution in [0.2, 0.25) is 0 Å². The minimum Gasteiger partial charge on any atom is -0.481 e. The number of ether oxygens (including phenoxy) is 2. The van der Waals surface area contributed by atoms with Crippen LogP contribution >= 0.6 is 11.6 Å². The standard InChI is InChI=1S/C11H10ClF3O3/c1-2-9(10(12)16)17-7-3-5-8(6-4-7)18-11(13,14)15/h3-6,9H,2H2,1H3. The van der Waals surface area contributed by atoms with Gasteiger partial charge in [0.1, 0.15) is 11.5 Å². The molecule has 0 saturated carbocycles. The molecule has 7 heteroatoms. The van der Waals surface area contributed by atoms with Crippen LogP contribution in [0.4, 0.5) is 13.2 Å². The normalized spacial score (nSPS) is 12.9. The van der Waals surface area contributed by atoms with Crippen LogP contribution in [0.25, 0.3) is 0 Å². The molecule has 1 rings (SSSR count). The third kappa shape index (κ3) is 4.83. The molecular formula is C11H10ClF3O3. The van der Waals surface area contributed by atoms with Crippen molar-refractivity contribution in [2.24, 2.45) is 0 Å². The van der Waals surface area contributed by atoms with Crippen LogP contribution in [0.3, 0.4) is 0 Å². The number of carbonyl (C=O) groups excluding carboxylic acids is 1. The van der Waals surface area contributed by atoms with Crippen molar-refractivity contribution in [3.8, 4) is 11.5 Å². The second-order valence-electron chi connectivity index (χ2n) is 3.34. The van der Waals surface area contributed by atoms with Crippen molar-refractivity contribution < 1.29 is 27.4 Å². The van der Waals surface area contributed by atoms with Crippen molar-refractivity contribution in [3.63, 3.8) is 0 Å². The lowest BCUT2D eigenvalue weighted by Gasteiger charge is -2.14. The molecule has 0 aliphatic carbocycles. The SMILES string of the molecule is CCC(Oc1ccc(OC(F)(F)F)cc1)C(=O)Cl. The van der Waals surface area contributed by atoms with Crippen molar-refractivity contribution in [1.82, 2.24) is 0 Å². The fourth-order valence-electron chi connectivity index (χ4n) is 1.17. The molecule has 0 aromatic heterocycles. The summed E-state index contributed by atoms with van der Waals surface area (Å²) >= 11 is 5.27. The molecule has 0 spiro atoms. The summed E-state index contributed by atoms with van der Waals surface area (Å²) < 4.78 is 44.6. The Kier molecular flexibility index (Phi) is 4.84. The van der Waals surface area contributed by atoms with Gasteiger partial charge in [-0.05, 0) is 42.3 Å². The predicted molar refractivity (Wildman–Crippen MR) is 58.7 cm³/mol. The zero-order valence-electron chi connectivity index (χ0n) is 9.33. The fraction of sp³-hybridized carbons (Fsp3) is 0.364. The van der Waals surface area contributed by atoms with Crippen LogP contribution in [0.1, 0.15) is 13.3 Å². The van der Waals surface area contributed by atoms with E-state index in [4.69, 9.17) is 16.3 Å². The molecule has 0 aliphatic heterocycles. The van der Waals surface area contributed by atoms with E-state index in [1.165, 1.54) is 12.1 Å². The summed E-state index contributed by atoms with van der Waals surface area (Å²) in [7, 11) is 0.